The van der Waals surface area contributed by atoms with Crippen LogP contribution in [0.4, 0.5) is 4.79 Å². The Labute approximate surface area is 246 Å². The van der Waals surface area contributed by atoms with Gasteiger partial charge in [0.25, 0.3) is 0 Å². The first-order chi connectivity index (χ1) is 20.0. The Morgan fingerprint density at radius 2 is 1.78 bits per heavy atom. The third-order valence-corrected chi connectivity index (χ3v) is 12.6. The molecule has 2 aliphatic heterocycles. The fraction of sp³-hybridized carbons (Fsp3) is 0.714. The fourth-order valence-corrected chi connectivity index (χ4v) is 10.2. The van der Waals surface area contributed by atoms with Crippen LogP contribution in [-0.2, 0) is 4.84 Å². The Morgan fingerprint density at radius 1 is 0.976 bits per heavy atom. The molecule has 1 amide bonds. The van der Waals surface area contributed by atoms with Crippen molar-refractivity contribution in [1.82, 2.24) is 20.3 Å². The summed E-state index contributed by atoms with van der Waals surface area (Å²) in [6, 6.07) is 5.10. The predicted molar refractivity (Wildman–Crippen MR) is 163 cm³/mol. The number of allylic oxidation sites excluding steroid dienone is 3. The molecule has 1 N–H and O–H groups in total. The molecule has 1 aromatic rings. The number of hydroxylamine groups is 1. The van der Waals surface area contributed by atoms with Gasteiger partial charge in [-0.3, -0.25) is 4.98 Å². The molecule has 1 aromatic heterocycles. The van der Waals surface area contributed by atoms with Crippen molar-refractivity contribution in [2.75, 3.05) is 26.2 Å². The van der Waals surface area contributed by atoms with Gasteiger partial charge in [0.05, 0.1) is 6.04 Å². The molecular formula is C35H50N4O2. The van der Waals surface area contributed by atoms with Crippen LogP contribution in [0.15, 0.2) is 42.3 Å². The smallest absolute Gasteiger partial charge is 0.353 e. The minimum absolute atomic E-state index is 0.128. The molecule has 7 rings (SSSR count). The zero-order valence-electron chi connectivity index (χ0n) is 25.3. The van der Waals surface area contributed by atoms with Crippen molar-refractivity contribution in [2.45, 2.75) is 103 Å². The lowest BCUT2D eigenvalue weighted by molar-refractivity contribution is -0.0279. The maximum absolute atomic E-state index is 12.9. The summed E-state index contributed by atoms with van der Waals surface area (Å²) in [7, 11) is 0. The van der Waals surface area contributed by atoms with Gasteiger partial charge >= 0.3 is 6.09 Å². The van der Waals surface area contributed by atoms with Gasteiger partial charge in [-0.2, -0.15) is 0 Å². The maximum Gasteiger partial charge on any atom is 0.428 e. The lowest BCUT2D eigenvalue weighted by Gasteiger charge is -2.58. The lowest BCUT2D eigenvalue weighted by atomic mass is 9.46. The molecule has 6 nitrogen and oxygen atoms in total. The second-order valence-corrected chi connectivity index (χ2v) is 14.5. The number of pyridine rings is 1. The maximum atomic E-state index is 12.9. The average molecular weight is 559 g/mol. The molecule has 2 saturated heterocycles. The van der Waals surface area contributed by atoms with Crippen LogP contribution in [0.5, 0.6) is 0 Å². The normalized spacial score (nSPS) is 37.9. The van der Waals surface area contributed by atoms with E-state index in [9.17, 15) is 4.79 Å². The molecule has 4 fully saturated rings. The average Bonchev–Trinajstić information content (AvgIpc) is 3.38. The number of hydrogen-bond donors (Lipinski definition) is 1. The number of carbonyl (C=O) groups excluding carboxylic acids is 1. The highest BCUT2D eigenvalue weighted by atomic mass is 16.7. The Morgan fingerprint density at radius 3 is 2.56 bits per heavy atom. The van der Waals surface area contributed by atoms with Crippen LogP contribution in [0, 0.1) is 28.6 Å². The molecular weight excluding hydrogens is 508 g/mol. The van der Waals surface area contributed by atoms with Crippen molar-refractivity contribution >= 4 is 11.7 Å². The van der Waals surface area contributed by atoms with E-state index in [2.05, 4.69) is 59.7 Å². The number of amides is 1. The Kier molecular flexibility index (Phi) is 7.52. The third-order valence-electron chi connectivity index (χ3n) is 12.6. The van der Waals surface area contributed by atoms with Crippen LogP contribution >= 0.6 is 0 Å². The van der Waals surface area contributed by atoms with Crippen LogP contribution in [0.2, 0.25) is 0 Å². The minimum atomic E-state index is -0.192. The minimum Gasteiger partial charge on any atom is -0.353 e. The summed E-state index contributed by atoms with van der Waals surface area (Å²) >= 11 is 0. The molecule has 0 spiro atoms. The summed E-state index contributed by atoms with van der Waals surface area (Å²) < 4.78 is 0. The highest BCUT2D eigenvalue weighted by Crippen LogP contribution is 2.66. The number of fused-ring (bicyclic) bond motifs is 5. The van der Waals surface area contributed by atoms with Crippen molar-refractivity contribution in [3.63, 3.8) is 0 Å². The predicted octanol–water partition coefficient (Wildman–Crippen LogP) is 7.00. The first kappa shape index (κ1) is 27.6. The molecule has 4 aliphatic carbocycles. The first-order valence-electron chi connectivity index (χ1n) is 16.7. The number of piperidine rings is 2. The van der Waals surface area contributed by atoms with E-state index in [-0.39, 0.29) is 23.0 Å². The zero-order chi connectivity index (χ0) is 28.0. The molecule has 6 aliphatic rings. The second kappa shape index (κ2) is 11.1. The second-order valence-electron chi connectivity index (χ2n) is 14.5. The van der Waals surface area contributed by atoms with Crippen LogP contribution < -0.4 is 5.48 Å². The van der Waals surface area contributed by atoms with Crippen LogP contribution in [0.1, 0.15) is 96.5 Å². The quantitative estimate of drug-likeness (QED) is 0.319. The monoisotopic (exact) mass is 558 g/mol. The number of likely N-dealkylation sites (tertiary alicyclic amines) is 2. The fourth-order valence-electron chi connectivity index (χ4n) is 10.2. The number of nitrogens with one attached hydrogen (secondary N) is 1. The van der Waals surface area contributed by atoms with E-state index in [0.29, 0.717) is 6.04 Å². The molecule has 222 valence electrons. The molecule has 0 radical (unpaired) electrons. The zero-order valence-corrected chi connectivity index (χ0v) is 25.3. The topological polar surface area (TPSA) is 57.7 Å². The van der Waals surface area contributed by atoms with Gasteiger partial charge in [0, 0.05) is 31.5 Å². The SMILES string of the molecule is C[C@]12CCC(NOC(=O)N3CCC(N4CCCCC4)CC3)C=C1CC[C@H]1[C@@H]2CC[C@]2(C)C(c3cccnc3)=CC[C@@H]12. The van der Waals surface area contributed by atoms with E-state index >= 15 is 0 Å². The Bertz CT molecular complexity index is 1170. The number of carbonyl (C=O) groups is 1. The first-order valence-corrected chi connectivity index (χ1v) is 16.7. The molecule has 2 saturated carbocycles. The Balaban J connectivity index is 0.948. The van der Waals surface area contributed by atoms with E-state index in [4.69, 9.17) is 4.84 Å². The van der Waals surface area contributed by atoms with Gasteiger partial charge in [-0.1, -0.05) is 44.1 Å². The standard InChI is InChI=1S/C35H50N4O2/c1-34-16-12-27(37-41-33(40)39-21-14-28(15-22-39)38-19-4-3-5-20-38)23-26(34)8-9-29-31-11-10-30(25-7-6-18-36-24-25)35(31,2)17-13-32(29)34/h6-7,10,18,23-24,27-29,31-32,37H,3-5,8-9,11-17,19-22H2,1-2H3/t27?,29-,31+,32+,34+,35-/m1/s1. The molecule has 0 aromatic carbocycles. The van der Waals surface area contributed by atoms with Crippen molar-refractivity contribution in [2.24, 2.45) is 28.6 Å². The van der Waals surface area contributed by atoms with Gasteiger partial charge in [-0.25, -0.2) is 4.79 Å². The summed E-state index contributed by atoms with van der Waals surface area (Å²) in [5.74, 6) is 2.29. The largest absolute Gasteiger partial charge is 0.428 e. The van der Waals surface area contributed by atoms with Crippen molar-refractivity contribution in [3.05, 3.63) is 47.8 Å². The highest BCUT2D eigenvalue weighted by molar-refractivity contribution is 5.72. The van der Waals surface area contributed by atoms with Crippen molar-refractivity contribution in [1.29, 1.82) is 0 Å². The summed E-state index contributed by atoms with van der Waals surface area (Å²) in [6.45, 7) is 9.18. The summed E-state index contributed by atoms with van der Waals surface area (Å²) in [5.41, 5.74) is 8.23. The molecule has 3 heterocycles. The summed E-state index contributed by atoms with van der Waals surface area (Å²) in [6.07, 6.45) is 23.4. The van der Waals surface area contributed by atoms with Crippen LogP contribution in [0.25, 0.3) is 5.57 Å². The van der Waals surface area contributed by atoms with Gasteiger partial charge in [0.2, 0.25) is 0 Å². The number of hydrogen-bond acceptors (Lipinski definition) is 5. The molecule has 1 unspecified atom stereocenters. The molecule has 6 atom stereocenters. The molecule has 41 heavy (non-hydrogen) atoms. The van der Waals surface area contributed by atoms with Crippen LogP contribution in [0.3, 0.4) is 0 Å². The number of nitrogens with zero attached hydrogens (tertiary/aromatic N) is 3. The third kappa shape index (κ3) is 4.97. The van der Waals surface area contributed by atoms with Crippen molar-refractivity contribution in [3.8, 4) is 0 Å². The number of rotatable bonds is 4. The van der Waals surface area contributed by atoms with Crippen LogP contribution in [-0.4, -0.2) is 59.1 Å². The van der Waals surface area contributed by atoms with Gasteiger partial charge < -0.3 is 14.6 Å². The summed E-state index contributed by atoms with van der Waals surface area (Å²) in [5, 5.41) is 0. The van der Waals surface area contributed by atoms with E-state index < -0.39 is 0 Å². The van der Waals surface area contributed by atoms with Gasteiger partial charge in [-0.15, -0.1) is 5.48 Å². The Hall–Kier alpha value is -2.18. The number of aromatic nitrogens is 1. The molecule has 0 bridgehead atoms. The summed E-state index contributed by atoms with van der Waals surface area (Å²) in [4.78, 5) is 27.6. The van der Waals surface area contributed by atoms with Crippen molar-refractivity contribution < 1.29 is 9.63 Å². The van der Waals surface area contributed by atoms with Gasteiger partial charge in [0.1, 0.15) is 0 Å². The highest BCUT2D eigenvalue weighted by Gasteiger charge is 2.57. The van der Waals surface area contributed by atoms with E-state index in [0.717, 1.165) is 50.1 Å². The van der Waals surface area contributed by atoms with E-state index in [1.165, 1.54) is 76.4 Å². The van der Waals surface area contributed by atoms with E-state index in [1.54, 1.807) is 11.1 Å². The van der Waals surface area contributed by atoms with Gasteiger partial charge in [0.15, 0.2) is 0 Å². The lowest BCUT2D eigenvalue weighted by Crippen LogP contribution is -2.51. The molecule has 6 heteroatoms. The van der Waals surface area contributed by atoms with E-state index in [1.807, 2.05) is 11.1 Å². The van der Waals surface area contributed by atoms with Gasteiger partial charge in [-0.05, 0) is 130 Å².